The lowest BCUT2D eigenvalue weighted by Crippen LogP contribution is -2.53. The van der Waals surface area contributed by atoms with Gasteiger partial charge in [-0.05, 0) is 56.9 Å². The fraction of sp³-hybridized carbons (Fsp3) is 1.00. The molecule has 2 fully saturated rings. The minimum atomic E-state index is 0.732. The molecule has 0 aromatic heterocycles. The Kier molecular flexibility index (Phi) is 5.70. The molecular weight excluding hydrogens is 232 g/mol. The van der Waals surface area contributed by atoms with Crippen molar-refractivity contribution < 1.29 is 0 Å². The summed E-state index contributed by atoms with van der Waals surface area (Å²) >= 11 is 0. The Labute approximate surface area is 120 Å². The van der Waals surface area contributed by atoms with Gasteiger partial charge in [0.1, 0.15) is 0 Å². The lowest BCUT2D eigenvalue weighted by atomic mass is 9.83. The third kappa shape index (κ3) is 4.19. The fourth-order valence-electron chi connectivity index (χ4n) is 3.45. The first-order valence-corrected chi connectivity index (χ1v) is 8.57. The molecule has 1 aliphatic carbocycles. The number of hydrogen-bond acceptors (Lipinski definition) is 2. The maximum atomic E-state index is 3.88. The SMILES string of the molecule is CCC(C)N1CC(NCC2CCC2)CC(C(C)C)C1. The van der Waals surface area contributed by atoms with E-state index in [-0.39, 0.29) is 0 Å². The smallest absolute Gasteiger partial charge is 0.0198 e. The molecule has 0 aromatic carbocycles. The number of likely N-dealkylation sites (tertiary alicyclic amines) is 1. The van der Waals surface area contributed by atoms with E-state index in [1.807, 2.05) is 0 Å². The largest absolute Gasteiger partial charge is 0.312 e. The van der Waals surface area contributed by atoms with E-state index < -0.39 is 0 Å². The van der Waals surface area contributed by atoms with Crippen LogP contribution in [-0.4, -0.2) is 36.6 Å². The summed E-state index contributed by atoms with van der Waals surface area (Å²) in [6, 6.07) is 1.48. The Morgan fingerprint density at radius 1 is 1.16 bits per heavy atom. The quantitative estimate of drug-likeness (QED) is 0.791. The Hall–Kier alpha value is -0.0800. The first-order valence-electron chi connectivity index (χ1n) is 8.57. The van der Waals surface area contributed by atoms with Gasteiger partial charge in [-0.1, -0.05) is 27.2 Å². The minimum Gasteiger partial charge on any atom is -0.312 e. The highest BCUT2D eigenvalue weighted by atomic mass is 15.2. The fourth-order valence-corrected chi connectivity index (χ4v) is 3.45. The Bertz CT molecular complexity index is 260. The number of hydrogen-bond donors (Lipinski definition) is 1. The molecule has 19 heavy (non-hydrogen) atoms. The molecule has 1 N–H and O–H groups in total. The molecular formula is C17H34N2. The minimum absolute atomic E-state index is 0.732. The molecule has 0 amide bonds. The van der Waals surface area contributed by atoms with Gasteiger partial charge in [0.05, 0.1) is 0 Å². The normalized spacial score (nSPS) is 31.4. The molecule has 1 saturated carbocycles. The summed E-state index contributed by atoms with van der Waals surface area (Å²) in [6.45, 7) is 13.4. The van der Waals surface area contributed by atoms with Crippen molar-refractivity contribution >= 4 is 0 Å². The Morgan fingerprint density at radius 2 is 1.89 bits per heavy atom. The van der Waals surface area contributed by atoms with Crippen LogP contribution in [0.25, 0.3) is 0 Å². The van der Waals surface area contributed by atoms with Crippen molar-refractivity contribution in [1.29, 1.82) is 0 Å². The highest BCUT2D eigenvalue weighted by molar-refractivity contribution is 4.87. The highest BCUT2D eigenvalue weighted by Crippen LogP contribution is 2.28. The summed E-state index contributed by atoms with van der Waals surface area (Å²) in [5, 5.41) is 3.88. The predicted octanol–water partition coefficient (Wildman–Crippen LogP) is 3.52. The molecule has 3 atom stereocenters. The number of nitrogens with zero attached hydrogens (tertiary/aromatic N) is 1. The van der Waals surface area contributed by atoms with Crippen LogP contribution < -0.4 is 5.32 Å². The van der Waals surface area contributed by atoms with Gasteiger partial charge in [-0.2, -0.15) is 0 Å². The first kappa shape index (κ1) is 15.3. The summed E-state index contributed by atoms with van der Waals surface area (Å²) < 4.78 is 0. The van der Waals surface area contributed by atoms with Crippen molar-refractivity contribution in [3.63, 3.8) is 0 Å². The summed E-state index contributed by atoms with van der Waals surface area (Å²) in [6.07, 6.45) is 7.05. The average Bonchev–Trinajstić information content (AvgIpc) is 2.35. The van der Waals surface area contributed by atoms with Crippen LogP contribution in [0.4, 0.5) is 0 Å². The molecule has 2 rings (SSSR count). The van der Waals surface area contributed by atoms with E-state index in [9.17, 15) is 0 Å². The standard InChI is InChI=1S/C17H34N2/c1-5-14(4)19-11-16(13(2)3)9-17(12-19)18-10-15-7-6-8-15/h13-18H,5-12H2,1-4H3. The summed E-state index contributed by atoms with van der Waals surface area (Å²) in [4.78, 5) is 2.73. The second-order valence-electron chi connectivity index (χ2n) is 7.35. The molecule has 0 radical (unpaired) electrons. The van der Waals surface area contributed by atoms with Crippen LogP contribution in [0.1, 0.15) is 59.8 Å². The van der Waals surface area contributed by atoms with Crippen LogP contribution in [0, 0.1) is 17.8 Å². The Morgan fingerprint density at radius 3 is 2.42 bits per heavy atom. The van der Waals surface area contributed by atoms with Gasteiger partial charge in [-0.15, -0.1) is 0 Å². The van der Waals surface area contributed by atoms with Gasteiger partial charge in [0.15, 0.2) is 0 Å². The second-order valence-corrected chi connectivity index (χ2v) is 7.35. The molecule has 1 aliphatic heterocycles. The van der Waals surface area contributed by atoms with Gasteiger partial charge < -0.3 is 5.32 Å². The topological polar surface area (TPSA) is 15.3 Å². The maximum Gasteiger partial charge on any atom is 0.0198 e. The maximum absolute atomic E-state index is 3.88. The molecule has 1 heterocycles. The Balaban J connectivity index is 1.85. The lowest BCUT2D eigenvalue weighted by molar-refractivity contribution is 0.0796. The summed E-state index contributed by atoms with van der Waals surface area (Å²) in [5.41, 5.74) is 0. The van der Waals surface area contributed by atoms with Gasteiger partial charge in [0.2, 0.25) is 0 Å². The highest BCUT2D eigenvalue weighted by Gasteiger charge is 2.31. The monoisotopic (exact) mass is 266 g/mol. The van der Waals surface area contributed by atoms with Crippen molar-refractivity contribution in [3.8, 4) is 0 Å². The number of nitrogens with one attached hydrogen (secondary N) is 1. The zero-order valence-corrected chi connectivity index (χ0v) is 13.5. The zero-order valence-electron chi connectivity index (χ0n) is 13.5. The van der Waals surface area contributed by atoms with E-state index in [4.69, 9.17) is 0 Å². The van der Waals surface area contributed by atoms with E-state index in [0.717, 1.165) is 29.8 Å². The average molecular weight is 266 g/mol. The van der Waals surface area contributed by atoms with Crippen LogP contribution in [0.3, 0.4) is 0 Å². The van der Waals surface area contributed by atoms with Crippen LogP contribution >= 0.6 is 0 Å². The van der Waals surface area contributed by atoms with Gasteiger partial charge in [0, 0.05) is 25.2 Å². The number of rotatable bonds is 6. The number of piperidine rings is 1. The van der Waals surface area contributed by atoms with Gasteiger partial charge in [-0.25, -0.2) is 0 Å². The first-order chi connectivity index (χ1) is 9.10. The third-order valence-electron chi connectivity index (χ3n) is 5.59. The van der Waals surface area contributed by atoms with Crippen molar-refractivity contribution in [1.82, 2.24) is 10.2 Å². The van der Waals surface area contributed by atoms with E-state index in [0.29, 0.717) is 0 Å². The van der Waals surface area contributed by atoms with E-state index in [1.54, 1.807) is 0 Å². The molecule has 112 valence electrons. The van der Waals surface area contributed by atoms with E-state index >= 15 is 0 Å². The van der Waals surface area contributed by atoms with Gasteiger partial charge in [0.25, 0.3) is 0 Å². The molecule has 1 saturated heterocycles. The molecule has 0 bridgehead atoms. The predicted molar refractivity (Wildman–Crippen MR) is 83.4 cm³/mol. The van der Waals surface area contributed by atoms with Crippen molar-refractivity contribution in [2.24, 2.45) is 17.8 Å². The van der Waals surface area contributed by atoms with E-state index in [1.165, 1.54) is 51.7 Å². The zero-order chi connectivity index (χ0) is 13.8. The van der Waals surface area contributed by atoms with Crippen molar-refractivity contribution in [2.45, 2.75) is 71.9 Å². The van der Waals surface area contributed by atoms with Crippen molar-refractivity contribution in [3.05, 3.63) is 0 Å². The molecule has 3 unspecified atom stereocenters. The molecule has 2 nitrogen and oxygen atoms in total. The van der Waals surface area contributed by atoms with Crippen LogP contribution in [0.5, 0.6) is 0 Å². The molecule has 2 aliphatic rings. The second kappa shape index (κ2) is 7.08. The molecule has 0 spiro atoms. The van der Waals surface area contributed by atoms with Crippen molar-refractivity contribution in [2.75, 3.05) is 19.6 Å². The summed E-state index contributed by atoms with van der Waals surface area (Å²) in [7, 11) is 0. The van der Waals surface area contributed by atoms with Gasteiger partial charge in [-0.3, -0.25) is 4.90 Å². The lowest BCUT2D eigenvalue weighted by Gasteiger charge is -2.43. The van der Waals surface area contributed by atoms with Gasteiger partial charge >= 0.3 is 0 Å². The van der Waals surface area contributed by atoms with Crippen LogP contribution in [0.15, 0.2) is 0 Å². The molecule has 2 heteroatoms. The summed E-state index contributed by atoms with van der Waals surface area (Å²) in [5.74, 6) is 2.68. The third-order valence-corrected chi connectivity index (χ3v) is 5.59. The molecule has 0 aromatic rings. The van der Waals surface area contributed by atoms with E-state index in [2.05, 4.69) is 37.9 Å². The van der Waals surface area contributed by atoms with Crippen LogP contribution in [-0.2, 0) is 0 Å². The van der Waals surface area contributed by atoms with Crippen LogP contribution in [0.2, 0.25) is 0 Å².